The largest absolute Gasteiger partial charge is 0.347 e. The van der Waals surface area contributed by atoms with E-state index in [1.54, 1.807) is 39.3 Å². The number of aryl methyl sites for hydroxylation is 1. The predicted octanol–water partition coefficient (Wildman–Crippen LogP) is 3.29. The zero-order valence-electron chi connectivity index (χ0n) is 17.5. The SMILES string of the molecule is Cc1cc(C(=O)NCc2ccccc2S(=O)(=O)N2CCCCC2)nn1-c1ccccc1. The van der Waals surface area contributed by atoms with Crippen molar-refractivity contribution in [1.29, 1.82) is 0 Å². The van der Waals surface area contributed by atoms with E-state index in [1.807, 2.05) is 37.3 Å². The van der Waals surface area contributed by atoms with Gasteiger partial charge in [-0.1, -0.05) is 42.8 Å². The molecule has 1 aliphatic heterocycles. The van der Waals surface area contributed by atoms with Gasteiger partial charge in [-0.2, -0.15) is 9.40 Å². The third kappa shape index (κ3) is 4.55. The highest BCUT2D eigenvalue weighted by Crippen LogP contribution is 2.23. The molecule has 0 bridgehead atoms. The van der Waals surface area contributed by atoms with E-state index in [0.717, 1.165) is 30.6 Å². The van der Waals surface area contributed by atoms with Gasteiger partial charge < -0.3 is 5.32 Å². The average molecular weight is 439 g/mol. The molecule has 1 N–H and O–H groups in total. The first kappa shape index (κ1) is 21.3. The maximum atomic E-state index is 13.1. The summed E-state index contributed by atoms with van der Waals surface area (Å²) in [6, 6.07) is 18.2. The summed E-state index contributed by atoms with van der Waals surface area (Å²) in [6.45, 7) is 3.08. The number of nitrogens with one attached hydrogen (secondary N) is 1. The molecule has 162 valence electrons. The van der Waals surface area contributed by atoms with Crippen molar-refractivity contribution in [3.63, 3.8) is 0 Å². The van der Waals surface area contributed by atoms with Crippen LogP contribution in [-0.4, -0.2) is 41.5 Å². The second-order valence-electron chi connectivity index (χ2n) is 7.67. The molecule has 1 saturated heterocycles. The van der Waals surface area contributed by atoms with Crippen LogP contribution in [0.5, 0.6) is 0 Å². The lowest BCUT2D eigenvalue weighted by atomic mass is 10.2. The molecule has 2 heterocycles. The van der Waals surface area contributed by atoms with Gasteiger partial charge in [0, 0.05) is 25.3 Å². The number of hydrogen-bond donors (Lipinski definition) is 1. The maximum Gasteiger partial charge on any atom is 0.272 e. The zero-order chi connectivity index (χ0) is 21.8. The number of sulfonamides is 1. The van der Waals surface area contributed by atoms with Gasteiger partial charge in [0.1, 0.15) is 0 Å². The number of piperidine rings is 1. The van der Waals surface area contributed by atoms with E-state index in [0.29, 0.717) is 18.7 Å². The van der Waals surface area contributed by atoms with Crippen molar-refractivity contribution in [2.24, 2.45) is 0 Å². The first-order valence-corrected chi connectivity index (χ1v) is 11.9. The molecule has 31 heavy (non-hydrogen) atoms. The molecule has 0 radical (unpaired) electrons. The molecule has 0 unspecified atom stereocenters. The number of nitrogens with zero attached hydrogens (tertiary/aromatic N) is 3. The van der Waals surface area contributed by atoms with Crippen molar-refractivity contribution in [3.05, 3.63) is 77.6 Å². The van der Waals surface area contributed by atoms with E-state index < -0.39 is 10.0 Å². The first-order valence-electron chi connectivity index (χ1n) is 10.4. The monoisotopic (exact) mass is 438 g/mol. The summed E-state index contributed by atoms with van der Waals surface area (Å²) in [5.74, 6) is -0.344. The minimum atomic E-state index is -3.58. The van der Waals surface area contributed by atoms with Gasteiger partial charge in [-0.3, -0.25) is 4.79 Å². The molecule has 3 aromatic rings. The summed E-state index contributed by atoms with van der Waals surface area (Å²) in [5, 5.41) is 7.24. The standard InChI is InChI=1S/C23H26N4O3S/c1-18-16-21(25-27(18)20-11-4-2-5-12-20)23(28)24-17-19-10-6-7-13-22(19)31(29,30)26-14-8-3-9-15-26/h2,4-7,10-13,16H,3,8-9,14-15,17H2,1H3,(H,24,28). The van der Waals surface area contributed by atoms with Gasteiger partial charge in [-0.15, -0.1) is 0 Å². The fourth-order valence-corrected chi connectivity index (χ4v) is 5.57. The Kier molecular flexibility index (Phi) is 6.20. The molecule has 0 spiro atoms. The molecule has 7 nitrogen and oxygen atoms in total. The Morgan fingerprint density at radius 3 is 2.42 bits per heavy atom. The van der Waals surface area contributed by atoms with Crippen LogP contribution in [-0.2, 0) is 16.6 Å². The number of carbonyl (C=O) groups is 1. The van der Waals surface area contributed by atoms with Gasteiger partial charge >= 0.3 is 0 Å². The topological polar surface area (TPSA) is 84.3 Å². The lowest BCUT2D eigenvalue weighted by Gasteiger charge is -2.26. The van der Waals surface area contributed by atoms with E-state index in [9.17, 15) is 13.2 Å². The van der Waals surface area contributed by atoms with Crippen LogP contribution in [0, 0.1) is 6.92 Å². The number of carbonyl (C=O) groups excluding carboxylic acids is 1. The van der Waals surface area contributed by atoms with Crippen LogP contribution in [0.1, 0.15) is 41.0 Å². The number of rotatable bonds is 6. The number of para-hydroxylation sites is 1. The van der Waals surface area contributed by atoms with Gasteiger partial charge in [0.15, 0.2) is 5.69 Å². The van der Waals surface area contributed by atoms with Crippen molar-refractivity contribution >= 4 is 15.9 Å². The van der Waals surface area contributed by atoms with Crippen LogP contribution in [0.4, 0.5) is 0 Å². The van der Waals surface area contributed by atoms with Crippen molar-refractivity contribution in [2.75, 3.05) is 13.1 Å². The second-order valence-corrected chi connectivity index (χ2v) is 9.58. The smallest absolute Gasteiger partial charge is 0.272 e. The highest BCUT2D eigenvalue weighted by Gasteiger charge is 2.28. The van der Waals surface area contributed by atoms with Crippen LogP contribution >= 0.6 is 0 Å². The number of benzene rings is 2. The van der Waals surface area contributed by atoms with Gasteiger partial charge in [0.25, 0.3) is 5.91 Å². The molecule has 1 aromatic heterocycles. The highest BCUT2D eigenvalue weighted by atomic mass is 32.2. The van der Waals surface area contributed by atoms with E-state index in [1.165, 1.54) is 0 Å². The number of hydrogen-bond acceptors (Lipinski definition) is 4. The molecule has 1 fully saturated rings. The second kappa shape index (κ2) is 9.03. The summed E-state index contributed by atoms with van der Waals surface area (Å²) in [6.07, 6.45) is 2.81. The molecule has 2 aromatic carbocycles. The van der Waals surface area contributed by atoms with Crippen molar-refractivity contribution in [1.82, 2.24) is 19.4 Å². The summed E-state index contributed by atoms with van der Waals surface area (Å²) in [5.41, 5.74) is 2.57. The molecule has 0 aliphatic carbocycles. The van der Waals surface area contributed by atoms with Crippen molar-refractivity contribution < 1.29 is 13.2 Å². The van der Waals surface area contributed by atoms with Gasteiger partial charge in [0.2, 0.25) is 10.0 Å². The summed E-state index contributed by atoms with van der Waals surface area (Å²) >= 11 is 0. The number of amides is 1. The minimum Gasteiger partial charge on any atom is -0.347 e. The molecule has 0 atom stereocenters. The Morgan fingerprint density at radius 1 is 1.00 bits per heavy atom. The van der Waals surface area contributed by atoms with E-state index >= 15 is 0 Å². The average Bonchev–Trinajstić information content (AvgIpc) is 3.20. The normalized spacial score (nSPS) is 15.0. The highest BCUT2D eigenvalue weighted by molar-refractivity contribution is 7.89. The lowest BCUT2D eigenvalue weighted by molar-refractivity contribution is 0.0945. The Labute approximate surface area is 182 Å². The lowest BCUT2D eigenvalue weighted by Crippen LogP contribution is -2.36. The van der Waals surface area contributed by atoms with Gasteiger partial charge in [-0.25, -0.2) is 13.1 Å². The molecule has 1 aliphatic rings. The Balaban J connectivity index is 1.51. The van der Waals surface area contributed by atoms with Gasteiger partial charge in [-0.05, 0) is 49.6 Å². The molecule has 4 rings (SSSR count). The van der Waals surface area contributed by atoms with Crippen molar-refractivity contribution in [3.8, 4) is 5.69 Å². The van der Waals surface area contributed by atoms with Crippen LogP contribution in [0.25, 0.3) is 5.69 Å². The van der Waals surface area contributed by atoms with Crippen LogP contribution < -0.4 is 5.32 Å². The van der Waals surface area contributed by atoms with E-state index in [-0.39, 0.29) is 23.0 Å². The van der Waals surface area contributed by atoms with Crippen LogP contribution in [0.3, 0.4) is 0 Å². The van der Waals surface area contributed by atoms with E-state index in [4.69, 9.17) is 0 Å². The van der Waals surface area contributed by atoms with Crippen molar-refractivity contribution in [2.45, 2.75) is 37.6 Å². The Bertz CT molecular complexity index is 1170. The third-order valence-corrected chi connectivity index (χ3v) is 7.46. The van der Waals surface area contributed by atoms with Crippen LogP contribution in [0.2, 0.25) is 0 Å². The van der Waals surface area contributed by atoms with E-state index in [2.05, 4.69) is 10.4 Å². The molecular weight excluding hydrogens is 412 g/mol. The summed E-state index contributed by atoms with van der Waals surface area (Å²) in [7, 11) is -3.58. The quantitative estimate of drug-likeness (QED) is 0.640. The third-order valence-electron chi connectivity index (χ3n) is 5.47. The predicted molar refractivity (Wildman–Crippen MR) is 119 cm³/mol. The summed E-state index contributed by atoms with van der Waals surface area (Å²) < 4.78 is 29.5. The Hall–Kier alpha value is -2.97. The van der Waals surface area contributed by atoms with Crippen LogP contribution in [0.15, 0.2) is 65.6 Å². The minimum absolute atomic E-state index is 0.110. The fourth-order valence-electron chi connectivity index (χ4n) is 3.83. The molecule has 0 saturated carbocycles. The Morgan fingerprint density at radius 2 is 1.68 bits per heavy atom. The first-order chi connectivity index (χ1) is 15.0. The fraction of sp³-hybridized carbons (Fsp3) is 0.304. The maximum absolute atomic E-state index is 13.1. The summed E-state index contributed by atoms with van der Waals surface area (Å²) in [4.78, 5) is 13.0. The molecule has 8 heteroatoms. The zero-order valence-corrected chi connectivity index (χ0v) is 18.3. The number of aromatic nitrogens is 2. The molecule has 1 amide bonds. The molecular formula is C23H26N4O3S. The van der Waals surface area contributed by atoms with Gasteiger partial charge in [0.05, 0.1) is 10.6 Å².